The Labute approximate surface area is 132 Å². The van der Waals surface area contributed by atoms with Crippen LogP contribution >= 0.6 is 0 Å². The summed E-state index contributed by atoms with van der Waals surface area (Å²) in [6.07, 6.45) is 3.24. The van der Waals surface area contributed by atoms with Gasteiger partial charge in [-0.25, -0.2) is 9.97 Å². The zero-order valence-electron chi connectivity index (χ0n) is 12.7. The van der Waals surface area contributed by atoms with Gasteiger partial charge in [0.25, 0.3) is 5.56 Å². The summed E-state index contributed by atoms with van der Waals surface area (Å²) in [7, 11) is 1.34. The van der Waals surface area contributed by atoms with Crippen molar-refractivity contribution in [1.29, 1.82) is 0 Å². The number of benzene rings is 1. The molecular formula is C16H16N4O3. The first-order chi connectivity index (χ1) is 11.2. The van der Waals surface area contributed by atoms with Crippen LogP contribution in [0.1, 0.15) is 12.0 Å². The minimum atomic E-state index is -0.315. The summed E-state index contributed by atoms with van der Waals surface area (Å²) in [5.74, 6) is -0.315. The summed E-state index contributed by atoms with van der Waals surface area (Å²) >= 11 is 0. The summed E-state index contributed by atoms with van der Waals surface area (Å²) in [5, 5.41) is 0. The van der Waals surface area contributed by atoms with Crippen LogP contribution in [-0.4, -0.2) is 32.2 Å². The molecule has 0 aliphatic heterocycles. The summed E-state index contributed by atoms with van der Waals surface area (Å²) in [5.41, 5.74) is 1.59. The maximum absolute atomic E-state index is 12.5. The second-order valence-electron chi connectivity index (χ2n) is 5.10. The molecule has 7 nitrogen and oxygen atoms in total. The van der Waals surface area contributed by atoms with Crippen molar-refractivity contribution in [1.82, 2.24) is 19.1 Å². The molecule has 0 amide bonds. The summed E-state index contributed by atoms with van der Waals surface area (Å²) in [6.45, 7) is 0.815. The topological polar surface area (TPSA) is 79.0 Å². The number of esters is 1. The lowest BCUT2D eigenvalue weighted by Crippen LogP contribution is -2.21. The molecule has 1 aromatic carbocycles. The average molecular weight is 312 g/mol. The molecule has 0 spiro atoms. The van der Waals surface area contributed by atoms with E-state index >= 15 is 0 Å². The molecule has 118 valence electrons. The van der Waals surface area contributed by atoms with Crippen LogP contribution in [0.4, 0.5) is 0 Å². The molecule has 0 N–H and O–H groups in total. The van der Waals surface area contributed by atoms with Crippen LogP contribution in [0.25, 0.3) is 11.2 Å². The maximum atomic E-state index is 12.5. The van der Waals surface area contributed by atoms with Gasteiger partial charge in [0.1, 0.15) is 6.33 Å². The van der Waals surface area contributed by atoms with Gasteiger partial charge in [-0.2, -0.15) is 0 Å². The molecule has 0 fully saturated rings. The Morgan fingerprint density at radius 1 is 1.13 bits per heavy atom. The van der Waals surface area contributed by atoms with Gasteiger partial charge >= 0.3 is 5.97 Å². The third-order valence-corrected chi connectivity index (χ3v) is 3.57. The molecule has 3 rings (SSSR count). The maximum Gasteiger partial charge on any atom is 0.307 e. The quantitative estimate of drug-likeness (QED) is 0.662. The second kappa shape index (κ2) is 6.43. The third kappa shape index (κ3) is 3.13. The van der Waals surface area contributed by atoms with Gasteiger partial charge in [-0.1, -0.05) is 30.3 Å². The Hall–Kier alpha value is -2.96. The van der Waals surface area contributed by atoms with Crippen molar-refractivity contribution in [2.24, 2.45) is 0 Å². The minimum absolute atomic E-state index is 0.198. The van der Waals surface area contributed by atoms with Gasteiger partial charge < -0.3 is 9.30 Å². The Bertz CT molecular complexity index is 883. The molecule has 0 aliphatic rings. The van der Waals surface area contributed by atoms with E-state index < -0.39 is 0 Å². The molecule has 2 heterocycles. The molecule has 0 aliphatic carbocycles. The van der Waals surface area contributed by atoms with Crippen molar-refractivity contribution in [2.75, 3.05) is 7.11 Å². The number of ether oxygens (including phenoxy) is 1. The van der Waals surface area contributed by atoms with Gasteiger partial charge in [0.15, 0.2) is 11.2 Å². The number of methoxy groups -OCH3 is 1. The molecule has 7 heteroatoms. The molecule has 0 saturated heterocycles. The molecule has 0 atom stereocenters. The van der Waals surface area contributed by atoms with Crippen LogP contribution in [0.3, 0.4) is 0 Å². The first-order valence-corrected chi connectivity index (χ1v) is 7.20. The molecule has 3 aromatic rings. The molecule has 0 unspecified atom stereocenters. The number of imidazole rings is 1. The van der Waals surface area contributed by atoms with Crippen LogP contribution < -0.4 is 5.56 Å². The molecule has 2 aromatic heterocycles. The average Bonchev–Trinajstić information content (AvgIpc) is 3.00. The Kier molecular flexibility index (Phi) is 4.18. The molecular weight excluding hydrogens is 296 g/mol. The lowest BCUT2D eigenvalue weighted by Gasteiger charge is -2.06. The van der Waals surface area contributed by atoms with Crippen LogP contribution in [0.15, 0.2) is 47.8 Å². The van der Waals surface area contributed by atoms with Gasteiger partial charge in [0.2, 0.25) is 0 Å². The van der Waals surface area contributed by atoms with E-state index in [0.29, 0.717) is 24.3 Å². The van der Waals surface area contributed by atoms with E-state index in [2.05, 4.69) is 14.7 Å². The van der Waals surface area contributed by atoms with E-state index in [1.807, 2.05) is 30.3 Å². The van der Waals surface area contributed by atoms with Crippen LogP contribution in [0.5, 0.6) is 0 Å². The van der Waals surface area contributed by atoms with Gasteiger partial charge in [0, 0.05) is 6.54 Å². The minimum Gasteiger partial charge on any atom is -0.469 e. The predicted octanol–water partition coefficient (Wildman–Crippen LogP) is 1.20. The van der Waals surface area contributed by atoms with Crippen molar-refractivity contribution in [2.45, 2.75) is 19.5 Å². The summed E-state index contributed by atoms with van der Waals surface area (Å²) in [4.78, 5) is 32.2. The molecule has 23 heavy (non-hydrogen) atoms. The Balaban J connectivity index is 1.89. The molecule has 0 radical (unpaired) electrons. The highest BCUT2D eigenvalue weighted by atomic mass is 16.5. The molecule has 0 saturated carbocycles. The van der Waals surface area contributed by atoms with Crippen molar-refractivity contribution in [3.05, 3.63) is 58.9 Å². The van der Waals surface area contributed by atoms with Crippen LogP contribution in [-0.2, 0) is 22.6 Å². The number of rotatable bonds is 5. The third-order valence-electron chi connectivity index (χ3n) is 3.57. The predicted molar refractivity (Wildman–Crippen MR) is 84.0 cm³/mol. The van der Waals surface area contributed by atoms with Gasteiger partial charge in [-0.15, -0.1) is 0 Å². The van der Waals surface area contributed by atoms with E-state index in [4.69, 9.17) is 0 Å². The smallest absolute Gasteiger partial charge is 0.307 e. The standard InChI is InChI=1S/C16H16N4O3/c1-23-13(21)7-8-19-10-17-14-15(19)18-11-20(16(14)22)9-12-5-3-2-4-6-12/h2-6,10-11H,7-9H2,1H3. The normalized spacial score (nSPS) is 10.8. The monoisotopic (exact) mass is 312 g/mol. The van der Waals surface area contributed by atoms with E-state index in [9.17, 15) is 9.59 Å². The number of aromatic nitrogens is 4. The molecule has 0 bridgehead atoms. The fourth-order valence-electron chi connectivity index (χ4n) is 2.35. The zero-order valence-corrected chi connectivity index (χ0v) is 12.7. The fourth-order valence-corrected chi connectivity index (χ4v) is 2.35. The highest BCUT2D eigenvalue weighted by Gasteiger charge is 2.11. The van der Waals surface area contributed by atoms with E-state index in [1.54, 1.807) is 4.57 Å². The highest BCUT2D eigenvalue weighted by molar-refractivity contribution is 5.71. The van der Waals surface area contributed by atoms with E-state index in [0.717, 1.165) is 5.56 Å². The largest absolute Gasteiger partial charge is 0.469 e. The van der Waals surface area contributed by atoms with Crippen molar-refractivity contribution >= 4 is 17.1 Å². The van der Waals surface area contributed by atoms with E-state index in [1.165, 1.54) is 24.3 Å². The van der Waals surface area contributed by atoms with Crippen molar-refractivity contribution in [3.8, 4) is 0 Å². The lowest BCUT2D eigenvalue weighted by atomic mass is 10.2. The number of carbonyl (C=O) groups is 1. The lowest BCUT2D eigenvalue weighted by molar-refractivity contribution is -0.140. The number of aryl methyl sites for hydroxylation is 1. The Morgan fingerprint density at radius 3 is 2.61 bits per heavy atom. The van der Waals surface area contributed by atoms with Gasteiger partial charge in [0.05, 0.1) is 26.4 Å². The van der Waals surface area contributed by atoms with Gasteiger partial charge in [-0.05, 0) is 5.56 Å². The highest BCUT2D eigenvalue weighted by Crippen LogP contribution is 2.07. The first kappa shape index (κ1) is 15.0. The zero-order chi connectivity index (χ0) is 16.2. The van der Waals surface area contributed by atoms with Crippen molar-refractivity contribution < 1.29 is 9.53 Å². The number of fused-ring (bicyclic) bond motifs is 1. The second-order valence-corrected chi connectivity index (χ2v) is 5.10. The summed E-state index contributed by atoms with van der Waals surface area (Å²) in [6, 6.07) is 9.68. The van der Waals surface area contributed by atoms with Crippen molar-refractivity contribution in [3.63, 3.8) is 0 Å². The van der Waals surface area contributed by atoms with Crippen LogP contribution in [0.2, 0.25) is 0 Å². The number of hydrogen-bond acceptors (Lipinski definition) is 5. The fraction of sp³-hybridized carbons (Fsp3) is 0.250. The number of hydrogen-bond donors (Lipinski definition) is 0. The van der Waals surface area contributed by atoms with E-state index in [-0.39, 0.29) is 17.9 Å². The first-order valence-electron chi connectivity index (χ1n) is 7.20. The van der Waals surface area contributed by atoms with Crippen LogP contribution in [0, 0.1) is 0 Å². The number of carbonyl (C=O) groups excluding carboxylic acids is 1. The summed E-state index contributed by atoms with van der Waals surface area (Å²) < 4.78 is 7.82. The SMILES string of the molecule is COC(=O)CCn1cnc2c(=O)n(Cc3ccccc3)cnc21. The van der Waals surface area contributed by atoms with Gasteiger partial charge in [-0.3, -0.25) is 14.2 Å². The Morgan fingerprint density at radius 2 is 1.87 bits per heavy atom. The number of nitrogens with zero attached hydrogens (tertiary/aromatic N) is 4.